The van der Waals surface area contributed by atoms with Gasteiger partial charge in [-0.1, -0.05) is 30.7 Å². The van der Waals surface area contributed by atoms with Crippen LogP contribution in [0.3, 0.4) is 0 Å². The highest BCUT2D eigenvalue weighted by atomic mass is 35.5. The number of nitrogens with one attached hydrogen (secondary N) is 1. The first kappa shape index (κ1) is 15.8. The molecule has 2 rings (SSSR count). The lowest BCUT2D eigenvalue weighted by Gasteiger charge is -2.36. The Morgan fingerprint density at radius 3 is 2.65 bits per heavy atom. The highest BCUT2D eigenvalue weighted by Crippen LogP contribution is 2.22. The van der Waals surface area contributed by atoms with Crippen molar-refractivity contribution in [2.75, 3.05) is 19.6 Å². The monoisotopic (exact) mass is 294 g/mol. The number of likely N-dealkylation sites (tertiary alicyclic amines) is 1. The van der Waals surface area contributed by atoms with Crippen LogP contribution in [0.5, 0.6) is 0 Å². The first-order valence-electron chi connectivity index (χ1n) is 7.84. The summed E-state index contributed by atoms with van der Waals surface area (Å²) in [5, 5.41) is 4.57. The molecule has 0 amide bonds. The third kappa shape index (κ3) is 4.21. The molecule has 1 aromatic carbocycles. The van der Waals surface area contributed by atoms with E-state index in [1.165, 1.54) is 38.0 Å². The van der Waals surface area contributed by atoms with Gasteiger partial charge in [0.2, 0.25) is 0 Å². The molecule has 1 saturated heterocycles. The molecule has 1 heterocycles. The fourth-order valence-electron chi connectivity index (χ4n) is 3.16. The van der Waals surface area contributed by atoms with Gasteiger partial charge in [-0.2, -0.15) is 0 Å². The van der Waals surface area contributed by atoms with E-state index in [1.54, 1.807) is 0 Å². The van der Waals surface area contributed by atoms with Crippen molar-refractivity contribution in [3.8, 4) is 0 Å². The topological polar surface area (TPSA) is 15.3 Å². The Morgan fingerprint density at radius 2 is 2.00 bits per heavy atom. The Labute approximate surface area is 128 Å². The van der Waals surface area contributed by atoms with E-state index in [4.69, 9.17) is 11.6 Å². The van der Waals surface area contributed by atoms with Crippen molar-refractivity contribution in [3.63, 3.8) is 0 Å². The molecule has 20 heavy (non-hydrogen) atoms. The summed E-state index contributed by atoms with van der Waals surface area (Å²) in [4.78, 5) is 2.57. The van der Waals surface area contributed by atoms with E-state index in [0.717, 1.165) is 10.9 Å². The number of halogens is 1. The minimum atomic E-state index is 0.374. The molecular formula is C17H27ClN2. The predicted molar refractivity (Wildman–Crippen MR) is 87.3 cm³/mol. The molecule has 1 fully saturated rings. The van der Waals surface area contributed by atoms with Crippen LogP contribution < -0.4 is 5.32 Å². The minimum absolute atomic E-state index is 0.374. The van der Waals surface area contributed by atoms with Crippen LogP contribution in [0.15, 0.2) is 24.3 Å². The number of hydrogen-bond acceptors (Lipinski definition) is 2. The van der Waals surface area contributed by atoms with Crippen LogP contribution in [0.25, 0.3) is 0 Å². The number of hydrogen-bond donors (Lipinski definition) is 1. The number of benzene rings is 1. The molecule has 1 N–H and O–H groups in total. The molecule has 112 valence electrons. The second-order valence-electron chi connectivity index (χ2n) is 6.02. The molecule has 0 aromatic heterocycles. The van der Waals surface area contributed by atoms with E-state index in [0.29, 0.717) is 12.1 Å². The van der Waals surface area contributed by atoms with E-state index in [1.807, 2.05) is 12.1 Å². The average Bonchev–Trinajstić information content (AvgIpc) is 2.47. The molecule has 0 radical (unpaired) electrons. The fraction of sp³-hybridized carbons (Fsp3) is 0.647. The third-order valence-corrected chi connectivity index (χ3v) is 4.83. The summed E-state index contributed by atoms with van der Waals surface area (Å²) in [6, 6.07) is 9.10. The Balaban J connectivity index is 1.89. The SMILES string of the molecule is CCN1CCCC(C(C)N[C@@H](C)c2ccc(Cl)cc2)C1. The van der Waals surface area contributed by atoms with Crippen molar-refractivity contribution >= 4 is 11.6 Å². The van der Waals surface area contributed by atoms with Gasteiger partial charge in [0.05, 0.1) is 0 Å². The molecule has 3 atom stereocenters. The van der Waals surface area contributed by atoms with Gasteiger partial charge >= 0.3 is 0 Å². The van der Waals surface area contributed by atoms with Gasteiger partial charge in [-0.15, -0.1) is 0 Å². The van der Waals surface area contributed by atoms with E-state index >= 15 is 0 Å². The van der Waals surface area contributed by atoms with Crippen molar-refractivity contribution in [2.24, 2.45) is 5.92 Å². The zero-order valence-corrected chi connectivity index (χ0v) is 13.7. The standard InChI is InChI=1S/C17H27ClN2/c1-4-20-11-5-6-16(12-20)14(3)19-13(2)15-7-9-17(18)10-8-15/h7-10,13-14,16,19H,4-6,11-12H2,1-3H3/t13-,14?,16?/m0/s1. The van der Waals surface area contributed by atoms with Crippen molar-refractivity contribution in [3.05, 3.63) is 34.9 Å². The molecule has 0 bridgehead atoms. The Hall–Kier alpha value is -0.570. The number of rotatable bonds is 5. The van der Waals surface area contributed by atoms with Crippen LogP contribution >= 0.6 is 11.6 Å². The molecular weight excluding hydrogens is 268 g/mol. The highest BCUT2D eigenvalue weighted by Gasteiger charge is 2.24. The molecule has 1 aliphatic heterocycles. The maximum atomic E-state index is 5.95. The smallest absolute Gasteiger partial charge is 0.0406 e. The van der Waals surface area contributed by atoms with Gasteiger partial charge in [0.15, 0.2) is 0 Å². The van der Waals surface area contributed by atoms with Crippen LogP contribution in [-0.2, 0) is 0 Å². The Morgan fingerprint density at radius 1 is 1.30 bits per heavy atom. The maximum absolute atomic E-state index is 5.95. The van der Waals surface area contributed by atoms with E-state index in [2.05, 4.69) is 43.1 Å². The number of nitrogens with zero attached hydrogens (tertiary/aromatic N) is 1. The molecule has 0 saturated carbocycles. The minimum Gasteiger partial charge on any atom is -0.307 e. The zero-order chi connectivity index (χ0) is 14.5. The van der Waals surface area contributed by atoms with Gasteiger partial charge in [-0.25, -0.2) is 0 Å². The van der Waals surface area contributed by atoms with Crippen LogP contribution in [0.2, 0.25) is 5.02 Å². The van der Waals surface area contributed by atoms with Crippen molar-refractivity contribution in [1.82, 2.24) is 10.2 Å². The highest BCUT2D eigenvalue weighted by molar-refractivity contribution is 6.30. The second kappa shape index (κ2) is 7.44. The van der Waals surface area contributed by atoms with E-state index in [9.17, 15) is 0 Å². The predicted octanol–water partition coefficient (Wildman–Crippen LogP) is 4.11. The third-order valence-electron chi connectivity index (χ3n) is 4.58. The van der Waals surface area contributed by atoms with Gasteiger partial charge < -0.3 is 10.2 Å². The molecule has 2 nitrogen and oxygen atoms in total. The summed E-state index contributed by atoms with van der Waals surface area (Å²) in [5.41, 5.74) is 1.31. The normalized spacial score (nSPS) is 23.5. The van der Waals surface area contributed by atoms with Gasteiger partial charge in [0, 0.05) is 23.7 Å². The molecule has 2 unspecified atom stereocenters. The zero-order valence-electron chi connectivity index (χ0n) is 12.9. The van der Waals surface area contributed by atoms with Gasteiger partial charge in [-0.3, -0.25) is 0 Å². The molecule has 0 aliphatic carbocycles. The summed E-state index contributed by atoms with van der Waals surface area (Å²) in [5.74, 6) is 0.762. The van der Waals surface area contributed by atoms with Crippen LogP contribution in [0.4, 0.5) is 0 Å². The lowest BCUT2D eigenvalue weighted by molar-refractivity contribution is 0.153. The van der Waals surface area contributed by atoms with Crippen molar-refractivity contribution < 1.29 is 0 Å². The Bertz CT molecular complexity index is 404. The van der Waals surface area contributed by atoms with Crippen molar-refractivity contribution in [1.29, 1.82) is 0 Å². The first-order chi connectivity index (χ1) is 9.60. The van der Waals surface area contributed by atoms with Gasteiger partial charge in [0.1, 0.15) is 0 Å². The molecule has 3 heteroatoms. The molecule has 1 aliphatic rings. The first-order valence-corrected chi connectivity index (χ1v) is 8.21. The fourth-order valence-corrected chi connectivity index (χ4v) is 3.29. The van der Waals surface area contributed by atoms with Crippen LogP contribution in [0, 0.1) is 5.92 Å². The lowest BCUT2D eigenvalue weighted by atomic mass is 9.90. The lowest BCUT2D eigenvalue weighted by Crippen LogP contribution is -2.44. The van der Waals surface area contributed by atoms with Crippen LogP contribution in [0.1, 0.15) is 45.2 Å². The quantitative estimate of drug-likeness (QED) is 0.879. The Kier molecular flexibility index (Phi) is 5.88. The summed E-state index contributed by atoms with van der Waals surface area (Å²) in [6.45, 7) is 10.5. The summed E-state index contributed by atoms with van der Waals surface area (Å²) in [7, 11) is 0. The molecule has 1 aromatic rings. The summed E-state index contributed by atoms with van der Waals surface area (Å²) in [6.07, 6.45) is 2.68. The average molecular weight is 295 g/mol. The van der Waals surface area contributed by atoms with Crippen LogP contribution in [-0.4, -0.2) is 30.6 Å². The van der Waals surface area contributed by atoms with Gasteiger partial charge in [0.25, 0.3) is 0 Å². The molecule has 0 spiro atoms. The summed E-state index contributed by atoms with van der Waals surface area (Å²) < 4.78 is 0. The van der Waals surface area contributed by atoms with E-state index in [-0.39, 0.29) is 0 Å². The van der Waals surface area contributed by atoms with Crippen molar-refractivity contribution in [2.45, 2.75) is 45.7 Å². The summed E-state index contributed by atoms with van der Waals surface area (Å²) >= 11 is 5.95. The second-order valence-corrected chi connectivity index (χ2v) is 6.46. The number of piperidine rings is 1. The van der Waals surface area contributed by atoms with E-state index < -0.39 is 0 Å². The van der Waals surface area contributed by atoms with Gasteiger partial charge in [-0.05, 0) is 63.4 Å². The maximum Gasteiger partial charge on any atom is 0.0406 e. The largest absolute Gasteiger partial charge is 0.307 e.